The van der Waals surface area contributed by atoms with E-state index in [4.69, 9.17) is 9.84 Å². The Morgan fingerprint density at radius 1 is 1.33 bits per heavy atom. The minimum atomic E-state index is -1.36. The van der Waals surface area contributed by atoms with Crippen LogP contribution in [0.3, 0.4) is 0 Å². The van der Waals surface area contributed by atoms with Crippen molar-refractivity contribution in [3.05, 3.63) is 0 Å². The van der Waals surface area contributed by atoms with Crippen LogP contribution in [0.25, 0.3) is 0 Å². The van der Waals surface area contributed by atoms with Crippen LogP contribution in [0.5, 0.6) is 0 Å². The Balaban J connectivity index is 3.79. The molecule has 0 rings (SSSR count). The number of nitrogens with one attached hydrogen (secondary N) is 1. The van der Waals surface area contributed by atoms with Crippen LogP contribution in [-0.2, 0) is 14.3 Å². The molecule has 0 unspecified atom stereocenters. The van der Waals surface area contributed by atoms with Crippen molar-refractivity contribution in [1.82, 2.24) is 5.32 Å². The minimum Gasteiger partial charge on any atom is -0.480 e. The lowest BCUT2D eigenvalue weighted by Gasteiger charge is -2.18. The first-order valence-electron chi connectivity index (χ1n) is 4.93. The number of ether oxygens (including phenoxy) is 1. The topological polar surface area (TPSA) is 75.6 Å². The fourth-order valence-corrected chi connectivity index (χ4v) is 0.891. The van der Waals surface area contributed by atoms with Crippen LogP contribution >= 0.6 is 0 Å². The number of carboxylic acid groups (broad SMARTS) is 1. The molecular formula is C10H19NO4. The predicted octanol–water partition coefficient (Wildman–Crippen LogP) is 0.640. The maximum Gasteiger partial charge on any atom is 0.318 e. The monoisotopic (exact) mass is 217 g/mol. The highest BCUT2D eigenvalue weighted by Crippen LogP contribution is 2.14. The molecule has 5 nitrogen and oxygen atoms in total. The molecule has 15 heavy (non-hydrogen) atoms. The number of hydrogen-bond donors (Lipinski definition) is 2. The van der Waals surface area contributed by atoms with E-state index in [-0.39, 0.29) is 0 Å². The minimum absolute atomic E-state index is 0.451. The number of amides is 1. The molecule has 0 radical (unpaired) electrons. The van der Waals surface area contributed by atoms with Crippen LogP contribution in [0.15, 0.2) is 0 Å². The standard InChI is InChI=1S/C10H19NO4/c1-10(2,9(13)14)8(12)11-6-4-5-7-15-3/h4-7H2,1-3H3,(H,11,12)(H,13,14). The summed E-state index contributed by atoms with van der Waals surface area (Å²) >= 11 is 0. The van der Waals surface area contributed by atoms with Crippen molar-refractivity contribution in [1.29, 1.82) is 0 Å². The normalized spacial score (nSPS) is 11.1. The van der Waals surface area contributed by atoms with Gasteiger partial charge in [0.05, 0.1) is 0 Å². The SMILES string of the molecule is COCCCCNC(=O)C(C)(C)C(=O)O. The highest BCUT2D eigenvalue weighted by Gasteiger charge is 2.35. The molecule has 0 aromatic carbocycles. The molecule has 0 atom stereocenters. The molecule has 0 spiro atoms. The molecule has 0 aliphatic heterocycles. The van der Waals surface area contributed by atoms with Crippen molar-refractivity contribution >= 4 is 11.9 Å². The average molecular weight is 217 g/mol. The average Bonchev–Trinajstić information content (AvgIpc) is 2.16. The third-order valence-corrected chi connectivity index (χ3v) is 2.16. The van der Waals surface area contributed by atoms with E-state index in [1.54, 1.807) is 7.11 Å². The fraction of sp³-hybridized carbons (Fsp3) is 0.800. The number of hydrogen-bond acceptors (Lipinski definition) is 3. The van der Waals surface area contributed by atoms with Crippen molar-refractivity contribution in [3.63, 3.8) is 0 Å². The molecule has 5 heteroatoms. The summed E-state index contributed by atoms with van der Waals surface area (Å²) in [6, 6.07) is 0. The van der Waals surface area contributed by atoms with Crippen LogP contribution in [0.4, 0.5) is 0 Å². The van der Waals surface area contributed by atoms with Crippen LogP contribution in [0, 0.1) is 5.41 Å². The van der Waals surface area contributed by atoms with Gasteiger partial charge in [0, 0.05) is 20.3 Å². The molecule has 0 saturated carbocycles. The Morgan fingerprint density at radius 2 is 1.93 bits per heavy atom. The van der Waals surface area contributed by atoms with Gasteiger partial charge < -0.3 is 15.2 Å². The Hall–Kier alpha value is -1.10. The summed E-state index contributed by atoms with van der Waals surface area (Å²) < 4.78 is 4.85. The second-order valence-corrected chi connectivity index (χ2v) is 3.89. The van der Waals surface area contributed by atoms with Gasteiger partial charge in [-0.25, -0.2) is 0 Å². The third-order valence-electron chi connectivity index (χ3n) is 2.16. The van der Waals surface area contributed by atoms with Gasteiger partial charge in [0.2, 0.25) is 5.91 Å². The Kier molecular flexibility index (Phi) is 5.93. The van der Waals surface area contributed by atoms with Crippen LogP contribution in [0.2, 0.25) is 0 Å². The summed E-state index contributed by atoms with van der Waals surface area (Å²) in [7, 11) is 1.62. The Labute approximate surface area is 89.8 Å². The van der Waals surface area contributed by atoms with E-state index in [0.717, 1.165) is 12.8 Å². The number of carbonyl (C=O) groups is 2. The second kappa shape index (κ2) is 6.40. The maximum atomic E-state index is 11.4. The largest absolute Gasteiger partial charge is 0.480 e. The van der Waals surface area contributed by atoms with Crippen molar-refractivity contribution < 1.29 is 19.4 Å². The van der Waals surface area contributed by atoms with Gasteiger partial charge in [-0.1, -0.05) is 0 Å². The summed E-state index contributed by atoms with van der Waals surface area (Å²) in [5.41, 5.74) is -1.36. The number of unbranched alkanes of at least 4 members (excludes halogenated alkanes) is 1. The lowest BCUT2D eigenvalue weighted by atomic mass is 9.93. The number of carbonyl (C=O) groups excluding carboxylic acids is 1. The van der Waals surface area contributed by atoms with E-state index >= 15 is 0 Å². The third kappa shape index (κ3) is 4.78. The molecule has 1 amide bonds. The highest BCUT2D eigenvalue weighted by molar-refractivity contribution is 6.00. The second-order valence-electron chi connectivity index (χ2n) is 3.89. The van der Waals surface area contributed by atoms with E-state index < -0.39 is 17.3 Å². The fourth-order valence-electron chi connectivity index (χ4n) is 0.891. The maximum absolute atomic E-state index is 11.4. The molecule has 0 aromatic rings. The number of carboxylic acids is 1. The summed E-state index contributed by atoms with van der Waals surface area (Å²) in [5, 5.41) is 11.4. The van der Waals surface area contributed by atoms with Gasteiger partial charge in [-0.3, -0.25) is 9.59 Å². The first kappa shape index (κ1) is 13.9. The first-order valence-corrected chi connectivity index (χ1v) is 4.93. The van der Waals surface area contributed by atoms with Crippen molar-refractivity contribution in [2.75, 3.05) is 20.3 Å². The first-order chi connectivity index (χ1) is 6.92. The molecule has 0 aliphatic rings. The summed E-state index contributed by atoms with van der Waals surface area (Å²) in [6.45, 7) is 3.91. The molecule has 0 saturated heterocycles. The van der Waals surface area contributed by atoms with E-state index in [2.05, 4.69) is 5.32 Å². The molecule has 0 aliphatic carbocycles. The zero-order valence-corrected chi connectivity index (χ0v) is 9.50. The quantitative estimate of drug-likeness (QED) is 0.484. The Bertz CT molecular complexity index is 225. The van der Waals surface area contributed by atoms with Gasteiger partial charge in [0.25, 0.3) is 0 Å². The van der Waals surface area contributed by atoms with Gasteiger partial charge in [0.15, 0.2) is 0 Å². The molecule has 2 N–H and O–H groups in total. The predicted molar refractivity (Wildman–Crippen MR) is 55.5 cm³/mol. The van der Waals surface area contributed by atoms with Crippen molar-refractivity contribution in [2.45, 2.75) is 26.7 Å². The van der Waals surface area contributed by atoms with Gasteiger partial charge in [-0.15, -0.1) is 0 Å². The summed E-state index contributed by atoms with van der Waals surface area (Å²) in [6.07, 6.45) is 1.64. The zero-order chi connectivity index (χ0) is 11.9. The zero-order valence-electron chi connectivity index (χ0n) is 9.50. The molecule has 0 heterocycles. The lowest BCUT2D eigenvalue weighted by molar-refractivity contribution is -0.153. The number of rotatable bonds is 7. The smallest absolute Gasteiger partial charge is 0.318 e. The van der Waals surface area contributed by atoms with E-state index in [9.17, 15) is 9.59 Å². The van der Waals surface area contributed by atoms with Gasteiger partial charge in [-0.05, 0) is 26.7 Å². The Morgan fingerprint density at radius 3 is 2.40 bits per heavy atom. The lowest BCUT2D eigenvalue weighted by Crippen LogP contribution is -2.42. The van der Waals surface area contributed by atoms with Crippen molar-refractivity contribution in [2.24, 2.45) is 5.41 Å². The number of methoxy groups -OCH3 is 1. The van der Waals surface area contributed by atoms with Crippen LogP contribution in [0.1, 0.15) is 26.7 Å². The molecule has 0 fully saturated rings. The number of aliphatic carboxylic acids is 1. The van der Waals surface area contributed by atoms with E-state index in [1.807, 2.05) is 0 Å². The van der Waals surface area contributed by atoms with Gasteiger partial charge in [-0.2, -0.15) is 0 Å². The highest BCUT2D eigenvalue weighted by atomic mass is 16.5. The summed E-state index contributed by atoms with van der Waals surface area (Å²) in [5.74, 6) is -1.57. The molecule has 0 aromatic heterocycles. The van der Waals surface area contributed by atoms with Gasteiger partial charge >= 0.3 is 5.97 Å². The molecule has 88 valence electrons. The molecular weight excluding hydrogens is 198 g/mol. The van der Waals surface area contributed by atoms with E-state index in [1.165, 1.54) is 13.8 Å². The van der Waals surface area contributed by atoms with Gasteiger partial charge in [0.1, 0.15) is 5.41 Å². The van der Waals surface area contributed by atoms with Crippen LogP contribution < -0.4 is 5.32 Å². The summed E-state index contributed by atoms with van der Waals surface area (Å²) in [4.78, 5) is 22.1. The van der Waals surface area contributed by atoms with Crippen LogP contribution in [-0.4, -0.2) is 37.2 Å². The molecule has 0 bridgehead atoms. The van der Waals surface area contributed by atoms with E-state index in [0.29, 0.717) is 13.2 Å². The van der Waals surface area contributed by atoms with Crippen molar-refractivity contribution in [3.8, 4) is 0 Å².